The maximum absolute atomic E-state index is 5.12. The van der Waals surface area contributed by atoms with Gasteiger partial charge in [0.15, 0.2) is 5.58 Å². The van der Waals surface area contributed by atoms with E-state index in [9.17, 15) is 0 Å². The number of aromatic nitrogens is 2. The Kier molecular flexibility index (Phi) is 1.25. The molecular weight excluding hydrogens is 144 g/mol. The van der Waals surface area contributed by atoms with Crippen molar-refractivity contribution in [2.75, 3.05) is 7.11 Å². The molecule has 2 heterocycles. The van der Waals surface area contributed by atoms with Crippen molar-refractivity contribution in [2.45, 2.75) is 0 Å². The van der Waals surface area contributed by atoms with Crippen LogP contribution >= 0.6 is 0 Å². The minimum absolute atomic E-state index is 0.249. The van der Waals surface area contributed by atoms with E-state index < -0.39 is 0 Å². The lowest BCUT2D eigenvalue weighted by Gasteiger charge is -1.84. The van der Waals surface area contributed by atoms with Gasteiger partial charge in [-0.1, -0.05) is 0 Å². The second kappa shape index (κ2) is 2.23. The van der Waals surface area contributed by atoms with Gasteiger partial charge in [-0.3, -0.25) is 0 Å². The third-order valence-corrected chi connectivity index (χ3v) is 1.32. The van der Waals surface area contributed by atoms with Gasteiger partial charge >= 0.3 is 6.08 Å². The van der Waals surface area contributed by atoms with Crippen LogP contribution in [0.1, 0.15) is 0 Å². The molecule has 0 aliphatic carbocycles. The van der Waals surface area contributed by atoms with E-state index in [-0.39, 0.29) is 6.08 Å². The summed E-state index contributed by atoms with van der Waals surface area (Å²) in [5.41, 5.74) is 1.22. The summed E-state index contributed by atoms with van der Waals surface area (Å²) in [6, 6.07) is 3.57. The molecule has 0 radical (unpaired) electrons. The molecule has 56 valence electrons. The fraction of sp³-hybridized carbons (Fsp3) is 0.143. The molecular formula is C7H6N2O2. The fourth-order valence-corrected chi connectivity index (χ4v) is 0.837. The van der Waals surface area contributed by atoms with Crippen LogP contribution in [0.4, 0.5) is 0 Å². The van der Waals surface area contributed by atoms with Crippen LogP contribution in [0.5, 0.6) is 6.08 Å². The minimum Gasteiger partial charge on any atom is -0.453 e. The molecule has 0 spiro atoms. The predicted octanol–water partition coefficient (Wildman–Crippen LogP) is 1.23. The van der Waals surface area contributed by atoms with E-state index in [0.717, 1.165) is 0 Å². The summed E-state index contributed by atoms with van der Waals surface area (Å²) < 4.78 is 9.90. The Morgan fingerprint density at radius 2 is 2.45 bits per heavy atom. The van der Waals surface area contributed by atoms with E-state index >= 15 is 0 Å². The van der Waals surface area contributed by atoms with Gasteiger partial charge < -0.3 is 9.15 Å². The maximum Gasteiger partial charge on any atom is 0.395 e. The summed E-state index contributed by atoms with van der Waals surface area (Å²) in [4.78, 5) is 7.90. The molecule has 0 unspecified atom stereocenters. The molecule has 0 N–H and O–H groups in total. The number of nitrogens with zero attached hydrogens (tertiary/aromatic N) is 2. The van der Waals surface area contributed by atoms with Crippen LogP contribution in [0.2, 0.25) is 0 Å². The number of methoxy groups -OCH3 is 1. The topological polar surface area (TPSA) is 48.2 Å². The molecule has 0 amide bonds. The van der Waals surface area contributed by atoms with Gasteiger partial charge in [0.25, 0.3) is 0 Å². The Labute approximate surface area is 62.8 Å². The molecule has 4 nitrogen and oxygen atoms in total. The van der Waals surface area contributed by atoms with E-state index in [0.29, 0.717) is 11.2 Å². The highest BCUT2D eigenvalue weighted by atomic mass is 16.6. The van der Waals surface area contributed by atoms with Crippen molar-refractivity contribution in [1.29, 1.82) is 0 Å². The van der Waals surface area contributed by atoms with Crippen LogP contribution in [-0.4, -0.2) is 17.1 Å². The molecule has 2 aromatic heterocycles. The predicted molar refractivity (Wildman–Crippen MR) is 38.4 cm³/mol. The standard InChI is InChI=1S/C7H6N2O2/c1-10-7-9-6-5(11-7)3-2-4-8-6/h2-4H,1H3. The van der Waals surface area contributed by atoms with Gasteiger partial charge in [0.1, 0.15) is 0 Å². The van der Waals surface area contributed by atoms with E-state index in [2.05, 4.69) is 9.97 Å². The summed E-state index contributed by atoms with van der Waals surface area (Å²) in [7, 11) is 1.50. The van der Waals surface area contributed by atoms with E-state index in [1.807, 2.05) is 0 Å². The lowest BCUT2D eigenvalue weighted by Crippen LogP contribution is -1.80. The molecule has 0 aliphatic rings. The van der Waals surface area contributed by atoms with Gasteiger partial charge in [-0.05, 0) is 12.1 Å². The van der Waals surface area contributed by atoms with Gasteiger partial charge in [-0.2, -0.15) is 4.98 Å². The Bertz CT molecular complexity index is 336. The van der Waals surface area contributed by atoms with Crippen molar-refractivity contribution in [3.63, 3.8) is 0 Å². The highest BCUT2D eigenvalue weighted by Crippen LogP contribution is 2.16. The van der Waals surface area contributed by atoms with Crippen LogP contribution in [0, 0.1) is 0 Å². The Hall–Kier alpha value is -1.58. The van der Waals surface area contributed by atoms with Crippen molar-refractivity contribution < 1.29 is 9.15 Å². The zero-order valence-electron chi connectivity index (χ0n) is 5.94. The molecule has 0 aliphatic heterocycles. The molecule has 2 aromatic rings. The normalized spacial score (nSPS) is 10.3. The first-order chi connectivity index (χ1) is 5.40. The Morgan fingerprint density at radius 3 is 3.18 bits per heavy atom. The SMILES string of the molecule is COc1nc2ncccc2o1. The fourth-order valence-electron chi connectivity index (χ4n) is 0.837. The smallest absolute Gasteiger partial charge is 0.395 e. The van der Waals surface area contributed by atoms with Gasteiger partial charge in [-0.25, -0.2) is 4.98 Å². The lowest BCUT2D eigenvalue weighted by molar-refractivity contribution is 0.299. The molecule has 11 heavy (non-hydrogen) atoms. The molecule has 0 bridgehead atoms. The summed E-state index contributed by atoms with van der Waals surface area (Å²) in [5, 5.41) is 0. The van der Waals surface area contributed by atoms with E-state index in [4.69, 9.17) is 9.15 Å². The van der Waals surface area contributed by atoms with E-state index in [1.165, 1.54) is 7.11 Å². The number of oxazole rings is 1. The lowest BCUT2D eigenvalue weighted by atomic mass is 10.5. The average molecular weight is 150 g/mol. The van der Waals surface area contributed by atoms with Crippen molar-refractivity contribution in [2.24, 2.45) is 0 Å². The van der Waals surface area contributed by atoms with Crippen molar-refractivity contribution in [3.8, 4) is 6.08 Å². The molecule has 0 atom stereocenters. The maximum atomic E-state index is 5.12. The van der Waals surface area contributed by atoms with Crippen LogP contribution in [0.3, 0.4) is 0 Å². The minimum atomic E-state index is 0.249. The number of pyridine rings is 1. The van der Waals surface area contributed by atoms with Crippen molar-refractivity contribution >= 4 is 11.2 Å². The first kappa shape index (κ1) is 6.15. The summed E-state index contributed by atoms with van der Waals surface area (Å²) in [5.74, 6) is 0. The largest absolute Gasteiger partial charge is 0.453 e. The van der Waals surface area contributed by atoms with E-state index in [1.54, 1.807) is 18.3 Å². The van der Waals surface area contributed by atoms with Crippen LogP contribution in [0.25, 0.3) is 11.2 Å². The van der Waals surface area contributed by atoms with Gasteiger partial charge in [0, 0.05) is 6.20 Å². The summed E-state index contributed by atoms with van der Waals surface area (Å²) in [6.45, 7) is 0. The van der Waals surface area contributed by atoms with Crippen molar-refractivity contribution in [1.82, 2.24) is 9.97 Å². The molecule has 0 aromatic carbocycles. The Balaban J connectivity index is 2.69. The highest BCUT2D eigenvalue weighted by Gasteiger charge is 2.03. The highest BCUT2D eigenvalue weighted by molar-refractivity contribution is 5.67. The number of fused-ring (bicyclic) bond motifs is 1. The second-order valence-electron chi connectivity index (χ2n) is 2.01. The van der Waals surface area contributed by atoms with Gasteiger partial charge in [0.05, 0.1) is 7.11 Å². The zero-order chi connectivity index (χ0) is 7.68. The number of hydrogen-bond acceptors (Lipinski definition) is 4. The number of ether oxygens (including phenoxy) is 1. The third kappa shape index (κ3) is 0.920. The molecule has 0 saturated heterocycles. The van der Waals surface area contributed by atoms with Crippen molar-refractivity contribution in [3.05, 3.63) is 18.3 Å². The number of hydrogen-bond donors (Lipinski definition) is 0. The molecule has 0 fully saturated rings. The molecule has 4 heteroatoms. The molecule has 0 saturated carbocycles. The monoisotopic (exact) mass is 150 g/mol. The zero-order valence-corrected chi connectivity index (χ0v) is 5.94. The number of rotatable bonds is 1. The van der Waals surface area contributed by atoms with Crippen LogP contribution in [-0.2, 0) is 0 Å². The first-order valence-electron chi connectivity index (χ1n) is 3.15. The van der Waals surface area contributed by atoms with Crippen LogP contribution < -0.4 is 4.74 Å². The summed E-state index contributed by atoms with van der Waals surface area (Å²) in [6.07, 6.45) is 1.91. The Morgan fingerprint density at radius 1 is 1.55 bits per heavy atom. The third-order valence-electron chi connectivity index (χ3n) is 1.32. The van der Waals surface area contributed by atoms with Gasteiger partial charge in [-0.15, -0.1) is 0 Å². The van der Waals surface area contributed by atoms with Gasteiger partial charge in [0.2, 0.25) is 5.65 Å². The second-order valence-corrected chi connectivity index (χ2v) is 2.01. The summed E-state index contributed by atoms with van der Waals surface area (Å²) >= 11 is 0. The quantitative estimate of drug-likeness (QED) is 0.613. The van der Waals surface area contributed by atoms with Crippen LogP contribution in [0.15, 0.2) is 22.7 Å². The first-order valence-corrected chi connectivity index (χ1v) is 3.15. The molecule has 2 rings (SSSR count). The average Bonchev–Trinajstić information content (AvgIpc) is 2.46.